The number of amides is 3. The molecule has 1 atom stereocenters. The van der Waals surface area contributed by atoms with Gasteiger partial charge in [-0.15, -0.1) is 0 Å². The zero-order chi connectivity index (χ0) is 21.1. The quantitative estimate of drug-likeness (QED) is 0.661. The van der Waals surface area contributed by atoms with Crippen LogP contribution in [0.1, 0.15) is 12.1 Å². The summed E-state index contributed by atoms with van der Waals surface area (Å²) in [6.45, 7) is 3.72. The van der Waals surface area contributed by atoms with E-state index in [0.717, 1.165) is 22.6 Å². The Morgan fingerprint density at radius 1 is 1.17 bits per heavy atom. The van der Waals surface area contributed by atoms with Crippen molar-refractivity contribution in [2.45, 2.75) is 25.9 Å². The number of ether oxygens (including phenoxy) is 1. The fraction of sp³-hybridized carbons (Fsp3) is 0.304. The van der Waals surface area contributed by atoms with Gasteiger partial charge >= 0.3 is 6.03 Å². The van der Waals surface area contributed by atoms with E-state index in [1.54, 1.807) is 12.0 Å². The minimum absolute atomic E-state index is 0.0000902. The molecule has 3 amide bonds. The number of nitrogens with zero attached hydrogens (tertiary/aromatic N) is 2. The van der Waals surface area contributed by atoms with Crippen molar-refractivity contribution >= 4 is 28.5 Å². The summed E-state index contributed by atoms with van der Waals surface area (Å²) >= 11 is 0. The van der Waals surface area contributed by atoms with Crippen LogP contribution in [0.2, 0.25) is 0 Å². The van der Waals surface area contributed by atoms with Crippen molar-refractivity contribution in [3.8, 4) is 5.75 Å². The van der Waals surface area contributed by atoms with Gasteiger partial charge in [0, 0.05) is 43.0 Å². The highest BCUT2D eigenvalue weighted by Crippen LogP contribution is 2.24. The Labute approximate surface area is 175 Å². The summed E-state index contributed by atoms with van der Waals surface area (Å²) in [6, 6.07) is 17.2. The average Bonchev–Trinajstić information content (AvgIpc) is 3.27. The molecular formula is C23H26N4O3. The van der Waals surface area contributed by atoms with E-state index in [0.29, 0.717) is 26.1 Å². The van der Waals surface area contributed by atoms with E-state index >= 15 is 0 Å². The molecule has 4 rings (SSSR count). The van der Waals surface area contributed by atoms with Crippen LogP contribution >= 0.6 is 0 Å². The summed E-state index contributed by atoms with van der Waals surface area (Å²) in [5.74, 6) is 0.741. The molecule has 0 aliphatic carbocycles. The number of methoxy groups -OCH3 is 1. The first kappa shape index (κ1) is 19.8. The van der Waals surface area contributed by atoms with Gasteiger partial charge in [-0.25, -0.2) is 4.79 Å². The molecule has 0 bridgehead atoms. The number of aryl methyl sites for hydroxylation is 1. The number of rotatable bonds is 6. The maximum absolute atomic E-state index is 12.4. The molecule has 2 N–H and O–H groups in total. The maximum atomic E-state index is 12.4. The largest absolute Gasteiger partial charge is 0.497 e. The minimum atomic E-state index is -0.251. The van der Waals surface area contributed by atoms with Crippen molar-refractivity contribution < 1.29 is 14.3 Å². The fourth-order valence-corrected chi connectivity index (χ4v) is 3.98. The molecule has 1 aliphatic heterocycles. The standard InChI is InChI=1S/C23H26N4O3/c1-16-13-17-5-3-4-6-21(17)26(16)12-11-24-23(29)25-18-14-22(28)27(15-18)19-7-9-20(30-2)10-8-19/h3-10,13,18H,11-12,14-15H2,1-2H3,(H2,24,25,29). The van der Waals surface area contributed by atoms with Gasteiger partial charge in [-0.1, -0.05) is 18.2 Å². The number of benzene rings is 2. The third-order valence-corrected chi connectivity index (χ3v) is 5.48. The van der Waals surface area contributed by atoms with E-state index in [-0.39, 0.29) is 18.0 Å². The van der Waals surface area contributed by atoms with Gasteiger partial charge in [0.2, 0.25) is 5.91 Å². The second-order valence-corrected chi connectivity index (χ2v) is 7.50. The molecule has 7 nitrogen and oxygen atoms in total. The van der Waals surface area contributed by atoms with E-state index < -0.39 is 0 Å². The molecule has 0 radical (unpaired) electrons. The van der Waals surface area contributed by atoms with Crippen LogP contribution in [0.5, 0.6) is 5.75 Å². The Balaban J connectivity index is 1.29. The summed E-state index contributed by atoms with van der Waals surface area (Å²) in [5.41, 5.74) is 3.13. The first-order valence-electron chi connectivity index (χ1n) is 10.1. The molecule has 1 aromatic heterocycles. The lowest BCUT2D eigenvalue weighted by molar-refractivity contribution is -0.117. The number of aromatic nitrogens is 1. The van der Waals surface area contributed by atoms with Crippen LogP contribution in [0.4, 0.5) is 10.5 Å². The highest BCUT2D eigenvalue weighted by atomic mass is 16.5. The summed E-state index contributed by atoms with van der Waals surface area (Å²) in [7, 11) is 1.61. The Kier molecular flexibility index (Phi) is 5.61. The van der Waals surface area contributed by atoms with Crippen molar-refractivity contribution in [2.75, 3.05) is 25.1 Å². The molecule has 1 aliphatic rings. The van der Waals surface area contributed by atoms with Gasteiger partial charge in [0.15, 0.2) is 0 Å². The third-order valence-electron chi connectivity index (χ3n) is 5.48. The predicted octanol–water partition coefficient (Wildman–Crippen LogP) is 3.06. The van der Waals surface area contributed by atoms with Gasteiger partial charge in [0.25, 0.3) is 0 Å². The van der Waals surface area contributed by atoms with Crippen molar-refractivity contribution in [3.63, 3.8) is 0 Å². The molecule has 3 aromatic rings. The monoisotopic (exact) mass is 406 g/mol. The second kappa shape index (κ2) is 8.49. The molecule has 30 heavy (non-hydrogen) atoms. The van der Waals surface area contributed by atoms with Gasteiger partial charge in [0.05, 0.1) is 13.2 Å². The lowest BCUT2D eigenvalue weighted by Crippen LogP contribution is -2.44. The highest BCUT2D eigenvalue weighted by molar-refractivity contribution is 5.96. The van der Waals surface area contributed by atoms with Crippen LogP contribution in [-0.4, -0.2) is 42.7 Å². The van der Waals surface area contributed by atoms with Crippen molar-refractivity contribution in [2.24, 2.45) is 0 Å². The molecule has 156 valence electrons. The number of urea groups is 1. The molecule has 1 fully saturated rings. The predicted molar refractivity (Wildman–Crippen MR) is 117 cm³/mol. The summed E-state index contributed by atoms with van der Waals surface area (Å²) in [5, 5.41) is 7.02. The molecule has 1 saturated heterocycles. The van der Waals surface area contributed by atoms with Crippen molar-refractivity contribution in [1.29, 1.82) is 0 Å². The zero-order valence-electron chi connectivity index (χ0n) is 17.2. The number of hydrogen-bond donors (Lipinski definition) is 2. The SMILES string of the molecule is COc1ccc(N2CC(NC(=O)NCCn3c(C)cc4ccccc43)CC2=O)cc1. The molecule has 0 saturated carbocycles. The van der Waals surface area contributed by atoms with Crippen molar-refractivity contribution in [3.05, 3.63) is 60.3 Å². The van der Waals surface area contributed by atoms with Gasteiger partial charge in [-0.3, -0.25) is 4.79 Å². The van der Waals surface area contributed by atoms with E-state index in [9.17, 15) is 9.59 Å². The Morgan fingerprint density at radius 2 is 1.93 bits per heavy atom. The second-order valence-electron chi connectivity index (χ2n) is 7.50. The zero-order valence-corrected chi connectivity index (χ0v) is 17.2. The first-order valence-corrected chi connectivity index (χ1v) is 10.1. The Bertz CT molecular complexity index is 1060. The third kappa shape index (κ3) is 4.10. The molecule has 2 heterocycles. The fourth-order valence-electron chi connectivity index (χ4n) is 3.98. The van der Waals surface area contributed by atoms with E-state index in [2.05, 4.69) is 40.3 Å². The van der Waals surface area contributed by atoms with E-state index in [1.165, 1.54) is 5.39 Å². The van der Waals surface area contributed by atoms with Crippen LogP contribution < -0.4 is 20.3 Å². The number of hydrogen-bond acceptors (Lipinski definition) is 3. The Morgan fingerprint density at radius 3 is 2.70 bits per heavy atom. The normalized spacial score (nSPS) is 16.1. The molecule has 7 heteroatoms. The van der Waals surface area contributed by atoms with Crippen LogP contribution in [0.25, 0.3) is 10.9 Å². The van der Waals surface area contributed by atoms with Crippen LogP contribution in [-0.2, 0) is 11.3 Å². The van der Waals surface area contributed by atoms with Crippen LogP contribution in [0.3, 0.4) is 0 Å². The topological polar surface area (TPSA) is 75.6 Å². The number of anilines is 1. The summed E-state index contributed by atoms with van der Waals surface area (Å²) < 4.78 is 7.35. The molecule has 2 aromatic carbocycles. The van der Waals surface area contributed by atoms with Gasteiger partial charge in [-0.2, -0.15) is 0 Å². The lowest BCUT2D eigenvalue weighted by atomic mass is 10.2. The smallest absolute Gasteiger partial charge is 0.315 e. The number of carbonyl (C=O) groups is 2. The van der Waals surface area contributed by atoms with Gasteiger partial charge < -0.3 is 24.8 Å². The molecular weight excluding hydrogens is 380 g/mol. The highest BCUT2D eigenvalue weighted by Gasteiger charge is 2.31. The van der Waals surface area contributed by atoms with E-state index in [4.69, 9.17) is 4.74 Å². The number of para-hydroxylation sites is 1. The number of nitrogens with one attached hydrogen (secondary N) is 2. The number of fused-ring (bicyclic) bond motifs is 1. The molecule has 1 unspecified atom stereocenters. The van der Waals surface area contributed by atoms with Crippen LogP contribution in [0.15, 0.2) is 54.6 Å². The van der Waals surface area contributed by atoms with Crippen LogP contribution in [0, 0.1) is 6.92 Å². The van der Waals surface area contributed by atoms with Crippen molar-refractivity contribution in [1.82, 2.24) is 15.2 Å². The van der Waals surface area contributed by atoms with Gasteiger partial charge in [-0.05, 0) is 48.7 Å². The lowest BCUT2D eigenvalue weighted by Gasteiger charge is -2.18. The summed E-state index contributed by atoms with van der Waals surface area (Å²) in [4.78, 5) is 26.4. The van der Waals surface area contributed by atoms with E-state index in [1.807, 2.05) is 36.4 Å². The minimum Gasteiger partial charge on any atom is -0.497 e. The Hall–Kier alpha value is -3.48. The maximum Gasteiger partial charge on any atom is 0.315 e. The molecule has 0 spiro atoms. The number of carbonyl (C=O) groups excluding carboxylic acids is 2. The first-order chi connectivity index (χ1) is 14.5. The van der Waals surface area contributed by atoms with Gasteiger partial charge in [0.1, 0.15) is 5.75 Å². The average molecular weight is 406 g/mol. The summed E-state index contributed by atoms with van der Waals surface area (Å²) in [6.07, 6.45) is 0.292.